The first-order valence-electron chi connectivity index (χ1n) is 8.02. The monoisotopic (exact) mass is 327 g/mol. The van der Waals surface area contributed by atoms with Crippen molar-refractivity contribution in [2.45, 2.75) is 39.2 Å². The van der Waals surface area contributed by atoms with E-state index in [9.17, 15) is 4.79 Å². The number of nitrogens with one attached hydrogen (secondary N) is 1. The molecule has 0 radical (unpaired) electrons. The molecule has 0 aromatic heterocycles. The van der Waals surface area contributed by atoms with Crippen LogP contribution in [0.1, 0.15) is 33.3 Å². The molecule has 0 aliphatic carbocycles. The predicted molar refractivity (Wildman–Crippen MR) is 96.9 cm³/mol. The molecule has 4 heteroatoms. The van der Waals surface area contributed by atoms with Crippen molar-refractivity contribution >= 4 is 11.6 Å². The second-order valence-electron chi connectivity index (χ2n) is 6.73. The zero-order valence-corrected chi connectivity index (χ0v) is 14.9. The summed E-state index contributed by atoms with van der Waals surface area (Å²) in [5.41, 5.74) is 1.76. The van der Waals surface area contributed by atoms with Crippen LogP contribution in [0.4, 0.5) is 5.69 Å². The van der Waals surface area contributed by atoms with Crippen molar-refractivity contribution in [3.8, 4) is 11.5 Å². The highest BCUT2D eigenvalue weighted by Gasteiger charge is 2.20. The van der Waals surface area contributed by atoms with Crippen molar-refractivity contribution < 1.29 is 14.3 Å². The second-order valence-corrected chi connectivity index (χ2v) is 6.73. The van der Waals surface area contributed by atoms with Crippen LogP contribution in [-0.4, -0.2) is 19.1 Å². The Morgan fingerprint density at radius 1 is 1.08 bits per heavy atom. The van der Waals surface area contributed by atoms with Gasteiger partial charge in [0.05, 0.1) is 12.8 Å². The van der Waals surface area contributed by atoms with Crippen LogP contribution < -0.4 is 14.8 Å². The average Bonchev–Trinajstić information content (AvgIpc) is 2.54. The molecule has 0 saturated heterocycles. The highest BCUT2D eigenvalue weighted by molar-refractivity contribution is 5.95. The Kier molecular flexibility index (Phi) is 5.50. The predicted octanol–water partition coefficient (Wildman–Crippen LogP) is 4.40. The third-order valence-corrected chi connectivity index (χ3v) is 3.75. The lowest BCUT2D eigenvalue weighted by molar-refractivity contribution is -0.122. The summed E-state index contributed by atoms with van der Waals surface area (Å²) in [5.74, 6) is 1.07. The molecular weight excluding hydrogens is 302 g/mol. The van der Waals surface area contributed by atoms with Gasteiger partial charge < -0.3 is 14.8 Å². The fraction of sp³-hybridized carbons (Fsp3) is 0.350. The molecule has 1 atom stereocenters. The lowest BCUT2D eigenvalue weighted by Crippen LogP contribution is -2.30. The lowest BCUT2D eigenvalue weighted by atomic mass is 9.87. The molecule has 0 bridgehead atoms. The summed E-state index contributed by atoms with van der Waals surface area (Å²) >= 11 is 0. The first-order valence-corrected chi connectivity index (χ1v) is 8.02. The van der Waals surface area contributed by atoms with Gasteiger partial charge in [-0.05, 0) is 42.2 Å². The Morgan fingerprint density at radius 2 is 1.75 bits per heavy atom. The molecule has 0 unspecified atom stereocenters. The van der Waals surface area contributed by atoms with Crippen LogP contribution >= 0.6 is 0 Å². The highest BCUT2D eigenvalue weighted by atomic mass is 16.5. The van der Waals surface area contributed by atoms with Gasteiger partial charge in [0.25, 0.3) is 5.91 Å². The van der Waals surface area contributed by atoms with Gasteiger partial charge in [0.2, 0.25) is 0 Å². The van der Waals surface area contributed by atoms with E-state index in [1.165, 1.54) is 0 Å². The third-order valence-electron chi connectivity index (χ3n) is 3.75. The van der Waals surface area contributed by atoms with Crippen LogP contribution in [0.3, 0.4) is 0 Å². The fourth-order valence-corrected chi connectivity index (χ4v) is 2.26. The average molecular weight is 327 g/mol. The largest absolute Gasteiger partial charge is 0.495 e. The van der Waals surface area contributed by atoms with Crippen LogP contribution in [0.2, 0.25) is 0 Å². The minimum atomic E-state index is -0.615. The van der Waals surface area contributed by atoms with Crippen LogP contribution in [0.15, 0.2) is 48.5 Å². The van der Waals surface area contributed by atoms with Crippen LogP contribution in [0.5, 0.6) is 11.5 Å². The standard InChI is InChI=1S/C20H25NO3/c1-14(24-16-9-7-6-8-10-16)19(22)21-17-13-15(20(2,3)4)11-12-18(17)23-5/h6-14H,1-5H3,(H,21,22)/t14-/m0/s1. The molecule has 2 rings (SSSR count). The van der Waals surface area contributed by atoms with Crippen molar-refractivity contribution in [2.75, 3.05) is 12.4 Å². The van der Waals surface area contributed by atoms with Gasteiger partial charge in [-0.3, -0.25) is 4.79 Å². The van der Waals surface area contributed by atoms with Gasteiger partial charge in [-0.1, -0.05) is 45.0 Å². The highest BCUT2D eigenvalue weighted by Crippen LogP contribution is 2.31. The summed E-state index contributed by atoms with van der Waals surface area (Å²) in [6.07, 6.45) is -0.615. The Balaban J connectivity index is 2.15. The summed E-state index contributed by atoms with van der Waals surface area (Å²) in [7, 11) is 1.59. The molecule has 0 heterocycles. The summed E-state index contributed by atoms with van der Waals surface area (Å²) in [4.78, 5) is 12.5. The summed E-state index contributed by atoms with van der Waals surface area (Å²) in [5, 5.41) is 2.91. The van der Waals surface area contributed by atoms with Gasteiger partial charge in [-0.25, -0.2) is 0 Å². The molecule has 0 spiro atoms. The third kappa shape index (κ3) is 4.51. The van der Waals surface area contributed by atoms with E-state index in [4.69, 9.17) is 9.47 Å². The van der Waals surface area contributed by atoms with Crippen molar-refractivity contribution in [2.24, 2.45) is 0 Å². The van der Waals surface area contributed by atoms with E-state index >= 15 is 0 Å². The number of carbonyl (C=O) groups excluding carboxylic acids is 1. The topological polar surface area (TPSA) is 47.6 Å². The van der Waals surface area contributed by atoms with E-state index in [2.05, 4.69) is 26.1 Å². The molecule has 1 amide bonds. The quantitative estimate of drug-likeness (QED) is 0.885. The molecule has 24 heavy (non-hydrogen) atoms. The van der Waals surface area contributed by atoms with E-state index in [0.717, 1.165) is 5.56 Å². The maximum atomic E-state index is 12.5. The van der Waals surface area contributed by atoms with Crippen LogP contribution in [0.25, 0.3) is 0 Å². The Morgan fingerprint density at radius 3 is 2.33 bits per heavy atom. The molecule has 2 aromatic rings. The SMILES string of the molecule is COc1ccc(C(C)(C)C)cc1NC(=O)[C@H](C)Oc1ccccc1. The summed E-state index contributed by atoms with van der Waals surface area (Å²) in [6.45, 7) is 8.10. The molecule has 2 aromatic carbocycles. The molecular formula is C20H25NO3. The minimum absolute atomic E-state index is 0.0160. The Bertz CT molecular complexity index is 690. The molecule has 1 N–H and O–H groups in total. The second kappa shape index (κ2) is 7.39. The van der Waals surface area contributed by atoms with Crippen molar-refractivity contribution in [1.29, 1.82) is 0 Å². The molecule has 0 aliphatic rings. The number of ether oxygens (including phenoxy) is 2. The number of para-hydroxylation sites is 1. The molecule has 0 fully saturated rings. The van der Waals surface area contributed by atoms with Gasteiger partial charge in [0.15, 0.2) is 6.10 Å². The minimum Gasteiger partial charge on any atom is -0.495 e. The number of carbonyl (C=O) groups is 1. The Hall–Kier alpha value is -2.49. The maximum Gasteiger partial charge on any atom is 0.265 e. The molecule has 4 nitrogen and oxygen atoms in total. The molecule has 128 valence electrons. The van der Waals surface area contributed by atoms with Crippen molar-refractivity contribution in [3.05, 3.63) is 54.1 Å². The van der Waals surface area contributed by atoms with E-state index in [1.54, 1.807) is 14.0 Å². The number of hydrogen-bond donors (Lipinski definition) is 1. The summed E-state index contributed by atoms with van der Waals surface area (Å²) in [6, 6.07) is 15.1. The van der Waals surface area contributed by atoms with Gasteiger partial charge in [0, 0.05) is 0 Å². The first kappa shape index (κ1) is 17.9. The number of benzene rings is 2. The van der Waals surface area contributed by atoms with Gasteiger partial charge in [0.1, 0.15) is 11.5 Å². The molecule has 0 aliphatic heterocycles. The summed E-state index contributed by atoms with van der Waals surface area (Å²) < 4.78 is 11.0. The first-order chi connectivity index (χ1) is 11.3. The Labute approximate surface area is 143 Å². The van der Waals surface area contributed by atoms with Gasteiger partial charge in [-0.2, -0.15) is 0 Å². The van der Waals surface area contributed by atoms with Crippen LogP contribution in [-0.2, 0) is 10.2 Å². The molecule has 0 saturated carbocycles. The number of amides is 1. The van der Waals surface area contributed by atoms with Crippen molar-refractivity contribution in [1.82, 2.24) is 0 Å². The number of rotatable bonds is 5. The van der Waals surface area contributed by atoms with Gasteiger partial charge in [-0.15, -0.1) is 0 Å². The normalized spacial score (nSPS) is 12.4. The number of anilines is 1. The zero-order chi connectivity index (χ0) is 17.7. The van der Waals surface area contributed by atoms with E-state index in [1.807, 2.05) is 48.5 Å². The lowest BCUT2D eigenvalue weighted by Gasteiger charge is -2.22. The van der Waals surface area contributed by atoms with E-state index in [-0.39, 0.29) is 11.3 Å². The van der Waals surface area contributed by atoms with Crippen LogP contribution in [0, 0.1) is 0 Å². The number of methoxy groups -OCH3 is 1. The smallest absolute Gasteiger partial charge is 0.265 e. The fourth-order valence-electron chi connectivity index (χ4n) is 2.26. The number of hydrogen-bond acceptors (Lipinski definition) is 3. The zero-order valence-electron chi connectivity index (χ0n) is 14.9. The maximum absolute atomic E-state index is 12.5. The van der Waals surface area contributed by atoms with Gasteiger partial charge >= 0.3 is 0 Å². The van der Waals surface area contributed by atoms with E-state index in [0.29, 0.717) is 17.2 Å². The van der Waals surface area contributed by atoms with E-state index < -0.39 is 6.10 Å². The van der Waals surface area contributed by atoms with Crippen molar-refractivity contribution in [3.63, 3.8) is 0 Å².